The Bertz CT molecular complexity index is 513. The Balaban J connectivity index is 2.51. The van der Waals surface area contributed by atoms with Crippen molar-refractivity contribution in [3.8, 4) is 11.4 Å². The Morgan fingerprint density at radius 3 is 2.69 bits per heavy atom. The number of hydrogen-bond acceptors (Lipinski definition) is 4. The molecule has 5 heteroatoms. The van der Waals surface area contributed by atoms with E-state index in [0.717, 1.165) is 21.5 Å². The molecule has 82 valence electrons. The lowest BCUT2D eigenvalue weighted by atomic mass is 10.2. The van der Waals surface area contributed by atoms with Crippen molar-refractivity contribution in [2.45, 2.75) is 6.92 Å². The summed E-state index contributed by atoms with van der Waals surface area (Å²) in [6, 6.07) is 3.84. The molecule has 0 bridgehead atoms. The number of hydrogen-bond donors (Lipinski definition) is 1. The van der Waals surface area contributed by atoms with Gasteiger partial charge in [-0.1, -0.05) is 0 Å². The zero-order chi connectivity index (χ0) is 11.5. The van der Waals surface area contributed by atoms with Crippen LogP contribution in [-0.2, 0) is 0 Å². The Labute approximate surface area is 102 Å². The minimum Gasteiger partial charge on any atom is -0.373 e. The van der Waals surface area contributed by atoms with Crippen molar-refractivity contribution in [3.05, 3.63) is 34.7 Å². The highest BCUT2D eigenvalue weighted by molar-refractivity contribution is 9.10. The van der Waals surface area contributed by atoms with Crippen molar-refractivity contribution in [1.29, 1.82) is 0 Å². The molecular formula is C11H11BrN4. The van der Waals surface area contributed by atoms with Crippen LogP contribution >= 0.6 is 15.9 Å². The fourth-order valence-electron chi connectivity index (χ4n) is 1.36. The first-order valence-electron chi connectivity index (χ1n) is 4.83. The molecule has 0 fully saturated rings. The van der Waals surface area contributed by atoms with Crippen LogP contribution in [0.15, 0.2) is 29.0 Å². The van der Waals surface area contributed by atoms with E-state index >= 15 is 0 Å². The van der Waals surface area contributed by atoms with Gasteiger partial charge in [0, 0.05) is 41.2 Å². The molecule has 0 radical (unpaired) electrons. The van der Waals surface area contributed by atoms with Crippen molar-refractivity contribution in [2.75, 3.05) is 12.4 Å². The van der Waals surface area contributed by atoms with Crippen LogP contribution in [0.1, 0.15) is 5.69 Å². The van der Waals surface area contributed by atoms with Crippen LogP contribution in [0.3, 0.4) is 0 Å². The maximum absolute atomic E-state index is 4.38. The first-order valence-corrected chi connectivity index (χ1v) is 5.62. The molecule has 0 aromatic carbocycles. The molecule has 2 heterocycles. The van der Waals surface area contributed by atoms with Gasteiger partial charge < -0.3 is 5.32 Å². The Kier molecular flexibility index (Phi) is 3.14. The average molecular weight is 279 g/mol. The third-order valence-corrected chi connectivity index (χ3v) is 2.51. The summed E-state index contributed by atoms with van der Waals surface area (Å²) in [5, 5.41) is 3.01. The lowest BCUT2D eigenvalue weighted by molar-refractivity contribution is 1.10. The van der Waals surface area contributed by atoms with Gasteiger partial charge in [-0.3, -0.25) is 4.98 Å². The molecule has 1 N–H and O–H groups in total. The van der Waals surface area contributed by atoms with Crippen LogP contribution in [0.5, 0.6) is 0 Å². The SMILES string of the molecule is CNc1cc(C)nc(-c2cncc(Br)c2)n1. The van der Waals surface area contributed by atoms with Crippen LogP contribution < -0.4 is 5.32 Å². The van der Waals surface area contributed by atoms with Gasteiger partial charge in [-0.05, 0) is 28.9 Å². The molecule has 2 aromatic heterocycles. The van der Waals surface area contributed by atoms with E-state index in [1.807, 2.05) is 26.1 Å². The number of anilines is 1. The number of nitrogens with zero attached hydrogens (tertiary/aromatic N) is 3. The van der Waals surface area contributed by atoms with E-state index < -0.39 is 0 Å². The normalized spacial score (nSPS) is 10.2. The maximum atomic E-state index is 4.38. The molecule has 0 saturated carbocycles. The summed E-state index contributed by atoms with van der Waals surface area (Å²) in [6.07, 6.45) is 3.48. The first-order chi connectivity index (χ1) is 7.69. The summed E-state index contributed by atoms with van der Waals surface area (Å²) in [7, 11) is 1.84. The summed E-state index contributed by atoms with van der Waals surface area (Å²) < 4.78 is 0.918. The Hall–Kier alpha value is -1.49. The van der Waals surface area contributed by atoms with Gasteiger partial charge in [0.25, 0.3) is 0 Å². The van der Waals surface area contributed by atoms with Crippen LogP contribution in [-0.4, -0.2) is 22.0 Å². The van der Waals surface area contributed by atoms with Crippen molar-refractivity contribution >= 4 is 21.7 Å². The van der Waals surface area contributed by atoms with E-state index in [2.05, 4.69) is 36.2 Å². The standard InChI is InChI=1S/C11H11BrN4/c1-7-3-10(13-2)16-11(15-7)8-4-9(12)6-14-5-8/h3-6H,1-2H3,(H,13,15,16). The zero-order valence-electron chi connectivity index (χ0n) is 9.03. The molecule has 0 aliphatic carbocycles. The Morgan fingerprint density at radius 1 is 1.19 bits per heavy atom. The summed E-state index contributed by atoms with van der Waals surface area (Å²) in [6.45, 7) is 1.94. The second-order valence-corrected chi connectivity index (χ2v) is 4.28. The van der Waals surface area contributed by atoms with E-state index in [4.69, 9.17) is 0 Å². The monoisotopic (exact) mass is 278 g/mol. The molecule has 0 amide bonds. The summed E-state index contributed by atoms with van der Waals surface area (Å²) in [5.41, 5.74) is 1.82. The van der Waals surface area contributed by atoms with Crippen molar-refractivity contribution in [3.63, 3.8) is 0 Å². The molecule has 0 atom stereocenters. The number of halogens is 1. The minimum atomic E-state index is 0.679. The van der Waals surface area contributed by atoms with Crippen LogP contribution in [0.2, 0.25) is 0 Å². The second kappa shape index (κ2) is 4.57. The van der Waals surface area contributed by atoms with Gasteiger partial charge in [0.2, 0.25) is 0 Å². The van der Waals surface area contributed by atoms with Gasteiger partial charge in [-0.25, -0.2) is 9.97 Å². The van der Waals surface area contributed by atoms with Gasteiger partial charge in [-0.15, -0.1) is 0 Å². The molecule has 0 unspecified atom stereocenters. The number of aryl methyl sites for hydroxylation is 1. The zero-order valence-corrected chi connectivity index (χ0v) is 10.6. The van der Waals surface area contributed by atoms with E-state index in [9.17, 15) is 0 Å². The number of nitrogens with one attached hydrogen (secondary N) is 1. The smallest absolute Gasteiger partial charge is 0.163 e. The molecule has 2 aromatic rings. The topological polar surface area (TPSA) is 50.7 Å². The lowest BCUT2D eigenvalue weighted by Gasteiger charge is -2.05. The van der Waals surface area contributed by atoms with Gasteiger partial charge in [-0.2, -0.15) is 0 Å². The Morgan fingerprint density at radius 2 is 2.00 bits per heavy atom. The van der Waals surface area contributed by atoms with Gasteiger partial charge in [0.05, 0.1) is 0 Å². The quantitative estimate of drug-likeness (QED) is 0.918. The van der Waals surface area contributed by atoms with Crippen molar-refractivity contribution < 1.29 is 0 Å². The number of rotatable bonds is 2. The van der Waals surface area contributed by atoms with Crippen LogP contribution in [0.4, 0.5) is 5.82 Å². The number of pyridine rings is 1. The van der Waals surface area contributed by atoms with Crippen LogP contribution in [0, 0.1) is 6.92 Å². The molecule has 0 saturated heterocycles. The summed E-state index contributed by atoms with van der Waals surface area (Å²) in [5.74, 6) is 1.49. The van der Waals surface area contributed by atoms with Gasteiger partial charge in [0.15, 0.2) is 5.82 Å². The third-order valence-electron chi connectivity index (χ3n) is 2.07. The predicted molar refractivity (Wildman–Crippen MR) is 67.2 cm³/mol. The number of aromatic nitrogens is 3. The maximum Gasteiger partial charge on any atom is 0.163 e. The van der Waals surface area contributed by atoms with Gasteiger partial charge in [0.1, 0.15) is 5.82 Å². The summed E-state index contributed by atoms with van der Waals surface area (Å²) in [4.78, 5) is 12.9. The lowest BCUT2D eigenvalue weighted by Crippen LogP contribution is -1.98. The largest absolute Gasteiger partial charge is 0.373 e. The third kappa shape index (κ3) is 2.36. The minimum absolute atomic E-state index is 0.679. The highest BCUT2D eigenvalue weighted by Gasteiger charge is 2.05. The molecule has 0 aliphatic heterocycles. The van der Waals surface area contributed by atoms with Gasteiger partial charge >= 0.3 is 0 Å². The van der Waals surface area contributed by atoms with E-state index in [1.165, 1.54) is 0 Å². The van der Waals surface area contributed by atoms with E-state index in [1.54, 1.807) is 12.4 Å². The van der Waals surface area contributed by atoms with E-state index in [-0.39, 0.29) is 0 Å². The highest BCUT2D eigenvalue weighted by Crippen LogP contribution is 2.20. The molecule has 2 rings (SSSR count). The fourth-order valence-corrected chi connectivity index (χ4v) is 1.72. The summed E-state index contributed by atoms with van der Waals surface area (Å²) >= 11 is 3.38. The molecule has 4 nitrogen and oxygen atoms in total. The average Bonchev–Trinajstić information content (AvgIpc) is 2.28. The van der Waals surface area contributed by atoms with Crippen molar-refractivity contribution in [1.82, 2.24) is 15.0 Å². The highest BCUT2D eigenvalue weighted by atomic mass is 79.9. The molecular weight excluding hydrogens is 268 g/mol. The van der Waals surface area contributed by atoms with E-state index in [0.29, 0.717) is 5.82 Å². The van der Waals surface area contributed by atoms with Crippen molar-refractivity contribution in [2.24, 2.45) is 0 Å². The van der Waals surface area contributed by atoms with Crippen LogP contribution in [0.25, 0.3) is 11.4 Å². The molecule has 16 heavy (non-hydrogen) atoms. The fraction of sp³-hybridized carbons (Fsp3) is 0.182. The predicted octanol–water partition coefficient (Wildman–Crippen LogP) is 2.65. The molecule has 0 spiro atoms. The molecule has 0 aliphatic rings. The first kappa shape index (κ1) is 11.0. The second-order valence-electron chi connectivity index (χ2n) is 3.36.